The first-order valence-electron chi connectivity index (χ1n) is 5.03. The van der Waals surface area contributed by atoms with Gasteiger partial charge in [-0.3, -0.25) is 28.8 Å². The summed E-state index contributed by atoms with van der Waals surface area (Å²) in [7, 11) is 0. The molecular weight excluding hydrogens is 264 g/mol. The molecule has 4 unspecified atom stereocenters. The van der Waals surface area contributed by atoms with Crippen molar-refractivity contribution < 1.29 is 43.7 Å². The quantitative estimate of drug-likeness (QED) is 0.476. The topological polar surface area (TPSA) is 152 Å². The second kappa shape index (κ2) is 4.23. The molecule has 0 aromatic heterocycles. The highest BCUT2D eigenvalue weighted by Crippen LogP contribution is 2.20. The van der Waals surface area contributed by atoms with Crippen molar-refractivity contribution in [1.82, 2.24) is 0 Å². The van der Waals surface area contributed by atoms with Gasteiger partial charge in [-0.25, -0.2) is 0 Å². The standard InChI is InChI=1S/C10H6O9/c11-1-2(12)6(16)9(5(1)15)19-10-7(17)3(13)4(14)8(10)18/h5,7,9-10,15,17H. The first-order valence-corrected chi connectivity index (χ1v) is 5.03. The Kier molecular flexibility index (Phi) is 2.97. The molecule has 0 aliphatic heterocycles. The van der Waals surface area contributed by atoms with Crippen molar-refractivity contribution in [2.24, 2.45) is 0 Å². The molecule has 0 heterocycles. The predicted molar refractivity (Wildman–Crippen MR) is 50.7 cm³/mol. The van der Waals surface area contributed by atoms with Crippen molar-refractivity contribution in [3.05, 3.63) is 0 Å². The van der Waals surface area contributed by atoms with Crippen molar-refractivity contribution in [2.75, 3.05) is 0 Å². The summed E-state index contributed by atoms with van der Waals surface area (Å²) in [4.78, 5) is 66.5. The molecule has 0 bridgehead atoms. The van der Waals surface area contributed by atoms with Crippen LogP contribution in [-0.4, -0.2) is 69.3 Å². The van der Waals surface area contributed by atoms with Crippen LogP contribution in [0.4, 0.5) is 0 Å². The number of rotatable bonds is 2. The molecule has 2 rings (SSSR count). The van der Waals surface area contributed by atoms with Crippen LogP contribution in [0.1, 0.15) is 0 Å². The van der Waals surface area contributed by atoms with Crippen molar-refractivity contribution >= 4 is 34.7 Å². The summed E-state index contributed by atoms with van der Waals surface area (Å²) in [6.45, 7) is 0. The highest BCUT2D eigenvalue weighted by Gasteiger charge is 2.55. The maximum Gasteiger partial charge on any atom is 0.269 e. The minimum Gasteiger partial charge on any atom is -0.382 e. The number of aliphatic hydroxyl groups excluding tert-OH is 2. The Balaban J connectivity index is 2.23. The average molecular weight is 270 g/mol. The smallest absolute Gasteiger partial charge is 0.269 e. The van der Waals surface area contributed by atoms with E-state index in [1.54, 1.807) is 0 Å². The second-order valence-electron chi connectivity index (χ2n) is 3.98. The van der Waals surface area contributed by atoms with Gasteiger partial charge in [0.25, 0.3) is 11.6 Å². The first kappa shape index (κ1) is 13.3. The number of carbonyl (C=O) groups is 6. The third-order valence-electron chi connectivity index (χ3n) is 2.82. The highest BCUT2D eigenvalue weighted by molar-refractivity contribution is 6.70. The van der Waals surface area contributed by atoms with E-state index < -0.39 is 59.1 Å². The molecule has 2 aliphatic rings. The van der Waals surface area contributed by atoms with Crippen LogP contribution >= 0.6 is 0 Å². The highest BCUT2D eigenvalue weighted by atomic mass is 16.5. The molecule has 2 N–H and O–H groups in total. The fourth-order valence-electron chi connectivity index (χ4n) is 1.76. The molecule has 0 amide bonds. The summed E-state index contributed by atoms with van der Waals surface area (Å²) in [5, 5.41) is 18.6. The minimum absolute atomic E-state index is 1.40. The zero-order valence-corrected chi connectivity index (χ0v) is 9.06. The van der Waals surface area contributed by atoms with Gasteiger partial charge in [0, 0.05) is 0 Å². The minimum atomic E-state index is -2.12. The number of aliphatic hydroxyl groups is 2. The lowest BCUT2D eigenvalue weighted by Gasteiger charge is -2.18. The van der Waals surface area contributed by atoms with Gasteiger partial charge in [0.05, 0.1) is 0 Å². The maximum atomic E-state index is 11.3. The van der Waals surface area contributed by atoms with E-state index in [0.29, 0.717) is 0 Å². The molecule has 0 aromatic carbocycles. The molecule has 0 saturated heterocycles. The fourth-order valence-corrected chi connectivity index (χ4v) is 1.76. The molecular formula is C10H6O9. The van der Waals surface area contributed by atoms with Crippen LogP contribution in [0.25, 0.3) is 0 Å². The maximum absolute atomic E-state index is 11.3. The SMILES string of the molecule is O=C1C(=O)C(O)C(OC2C(=O)C(=O)C(=O)C2O)C1=O. The molecule has 9 nitrogen and oxygen atoms in total. The van der Waals surface area contributed by atoms with Gasteiger partial charge >= 0.3 is 0 Å². The van der Waals surface area contributed by atoms with E-state index >= 15 is 0 Å². The lowest BCUT2D eigenvalue weighted by Crippen LogP contribution is -2.41. The largest absolute Gasteiger partial charge is 0.382 e. The van der Waals surface area contributed by atoms with Gasteiger partial charge in [-0.15, -0.1) is 0 Å². The normalized spacial score (nSPS) is 35.7. The van der Waals surface area contributed by atoms with E-state index in [4.69, 9.17) is 0 Å². The molecule has 9 heteroatoms. The van der Waals surface area contributed by atoms with Gasteiger partial charge in [0.2, 0.25) is 23.1 Å². The number of hydrogen-bond donors (Lipinski definition) is 2. The molecule has 100 valence electrons. The summed E-state index contributed by atoms with van der Waals surface area (Å²) in [5.41, 5.74) is 0. The Labute approximate surface area is 104 Å². The van der Waals surface area contributed by atoms with Crippen LogP contribution in [0.5, 0.6) is 0 Å². The van der Waals surface area contributed by atoms with E-state index in [9.17, 15) is 39.0 Å². The number of ketones is 6. The number of carbonyl (C=O) groups excluding carboxylic acids is 6. The molecule has 4 atom stereocenters. The van der Waals surface area contributed by atoms with Crippen molar-refractivity contribution in [2.45, 2.75) is 24.4 Å². The molecule has 2 fully saturated rings. The third-order valence-corrected chi connectivity index (χ3v) is 2.82. The fraction of sp³-hybridized carbons (Fsp3) is 0.400. The van der Waals surface area contributed by atoms with Gasteiger partial charge in [0.1, 0.15) is 0 Å². The Hall–Kier alpha value is -2.10. The van der Waals surface area contributed by atoms with Crippen LogP contribution in [0.3, 0.4) is 0 Å². The van der Waals surface area contributed by atoms with Crippen LogP contribution in [0.2, 0.25) is 0 Å². The molecule has 2 saturated carbocycles. The lowest BCUT2D eigenvalue weighted by molar-refractivity contribution is -0.156. The lowest BCUT2D eigenvalue weighted by atomic mass is 10.2. The van der Waals surface area contributed by atoms with Gasteiger partial charge in [-0.05, 0) is 0 Å². The average Bonchev–Trinajstić information content (AvgIpc) is 2.68. The third kappa shape index (κ3) is 1.75. The van der Waals surface area contributed by atoms with E-state index in [-0.39, 0.29) is 0 Å². The summed E-state index contributed by atoms with van der Waals surface area (Å²) < 4.78 is 4.62. The zero-order chi connectivity index (χ0) is 14.5. The van der Waals surface area contributed by atoms with Crippen LogP contribution < -0.4 is 0 Å². The first-order chi connectivity index (χ1) is 8.77. The van der Waals surface area contributed by atoms with Gasteiger partial charge in [0.15, 0.2) is 24.4 Å². The summed E-state index contributed by atoms with van der Waals surface area (Å²) in [6.07, 6.45) is -8.23. The van der Waals surface area contributed by atoms with Crippen LogP contribution in [0, 0.1) is 0 Å². The van der Waals surface area contributed by atoms with Crippen molar-refractivity contribution in [3.8, 4) is 0 Å². The van der Waals surface area contributed by atoms with Gasteiger partial charge in [-0.1, -0.05) is 0 Å². The summed E-state index contributed by atoms with van der Waals surface area (Å²) in [6, 6.07) is 0. The molecule has 0 aromatic rings. The van der Waals surface area contributed by atoms with Crippen molar-refractivity contribution in [1.29, 1.82) is 0 Å². The van der Waals surface area contributed by atoms with Crippen LogP contribution in [-0.2, 0) is 33.5 Å². The van der Waals surface area contributed by atoms with Gasteiger partial charge < -0.3 is 14.9 Å². The Morgan fingerprint density at radius 2 is 0.947 bits per heavy atom. The monoisotopic (exact) mass is 270 g/mol. The van der Waals surface area contributed by atoms with E-state index in [1.165, 1.54) is 0 Å². The number of ether oxygens (including phenoxy) is 1. The molecule has 0 spiro atoms. The zero-order valence-electron chi connectivity index (χ0n) is 9.06. The van der Waals surface area contributed by atoms with E-state index in [0.717, 1.165) is 0 Å². The van der Waals surface area contributed by atoms with E-state index in [2.05, 4.69) is 4.74 Å². The van der Waals surface area contributed by atoms with Gasteiger partial charge in [-0.2, -0.15) is 0 Å². The summed E-state index contributed by atoms with van der Waals surface area (Å²) in [5.74, 6) is -8.63. The number of Topliss-reactive ketones (excluding diaryl/α,β-unsaturated/α-hetero) is 6. The molecule has 19 heavy (non-hydrogen) atoms. The second-order valence-corrected chi connectivity index (χ2v) is 3.98. The summed E-state index contributed by atoms with van der Waals surface area (Å²) >= 11 is 0. The Morgan fingerprint density at radius 3 is 1.16 bits per heavy atom. The van der Waals surface area contributed by atoms with E-state index in [1.807, 2.05) is 0 Å². The molecule has 0 radical (unpaired) electrons. The Morgan fingerprint density at radius 1 is 0.632 bits per heavy atom. The van der Waals surface area contributed by atoms with Crippen molar-refractivity contribution in [3.63, 3.8) is 0 Å². The van der Waals surface area contributed by atoms with Crippen LogP contribution in [0.15, 0.2) is 0 Å². The predicted octanol–water partition coefficient (Wildman–Crippen LogP) is -4.10. The molecule has 2 aliphatic carbocycles. The number of hydrogen-bond acceptors (Lipinski definition) is 9. The Bertz CT molecular complexity index is 497.